The van der Waals surface area contributed by atoms with E-state index in [1.165, 1.54) is 12.1 Å². The fourth-order valence-corrected chi connectivity index (χ4v) is 3.83. The zero-order valence-corrected chi connectivity index (χ0v) is 21.5. The number of sulfonamides is 1. The van der Waals surface area contributed by atoms with Crippen molar-refractivity contribution in [3.63, 3.8) is 0 Å². The number of aromatic nitrogens is 2. The molecule has 10 heteroatoms. The molecule has 0 saturated carbocycles. The van der Waals surface area contributed by atoms with E-state index in [1.807, 2.05) is 30.7 Å². The summed E-state index contributed by atoms with van der Waals surface area (Å²) in [6.45, 7) is 5.27. The lowest BCUT2D eigenvalue weighted by molar-refractivity contribution is 0.598. The largest absolute Gasteiger partial charge is 0.356 e. The molecule has 1 heterocycles. The van der Waals surface area contributed by atoms with E-state index in [0.29, 0.717) is 25.5 Å². The average Bonchev–Trinajstić information content (AvgIpc) is 3.08. The van der Waals surface area contributed by atoms with Crippen LogP contribution in [0, 0.1) is 13.8 Å². The standard InChI is InChI=1S/C22H28N6O2S.HI/c1-16-14-17(2)28(27-16)21-7-5-4-6-19(21)15-26-22(24-3)25-13-12-18-8-10-20(11-9-18)31(23,29)30;/h4-11,14H,12-13,15H2,1-3H3,(H2,23,29,30)(H2,24,25,26);1H. The number of nitrogens with zero attached hydrogens (tertiary/aromatic N) is 3. The van der Waals surface area contributed by atoms with Crippen molar-refractivity contribution in [2.75, 3.05) is 13.6 Å². The van der Waals surface area contributed by atoms with Crippen LogP contribution in [0.4, 0.5) is 0 Å². The molecule has 0 aliphatic carbocycles. The summed E-state index contributed by atoms with van der Waals surface area (Å²) in [5, 5.41) is 16.3. The Labute approximate surface area is 206 Å². The van der Waals surface area contributed by atoms with Crippen LogP contribution in [-0.2, 0) is 23.0 Å². The van der Waals surface area contributed by atoms with Gasteiger partial charge in [-0.3, -0.25) is 4.99 Å². The molecule has 4 N–H and O–H groups in total. The van der Waals surface area contributed by atoms with Crippen molar-refractivity contribution in [2.45, 2.75) is 31.7 Å². The summed E-state index contributed by atoms with van der Waals surface area (Å²) in [6, 6.07) is 16.8. The third-order valence-electron chi connectivity index (χ3n) is 4.86. The molecule has 172 valence electrons. The van der Waals surface area contributed by atoms with Gasteiger partial charge in [0.1, 0.15) is 0 Å². The van der Waals surface area contributed by atoms with Crippen LogP contribution in [0.25, 0.3) is 5.69 Å². The number of primary sulfonamides is 1. The van der Waals surface area contributed by atoms with Crippen molar-refractivity contribution < 1.29 is 8.42 Å². The molecule has 0 amide bonds. The number of guanidine groups is 1. The molecule has 0 aliphatic heterocycles. The molecule has 32 heavy (non-hydrogen) atoms. The third-order valence-corrected chi connectivity index (χ3v) is 5.79. The Morgan fingerprint density at radius 1 is 1.09 bits per heavy atom. The van der Waals surface area contributed by atoms with Gasteiger partial charge < -0.3 is 10.6 Å². The van der Waals surface area contributed by atoms with Crippen molar-refractivity contribution in [1.82, 2.24) is 20.4 Å². The van der Waals surface area contributed by atoms with E-state index in [2.05, 4.69) is 38.9 Å². The first kappa shape index (κ1) is 25.8. The van der Waals surface area contributed by atoms with Crippen LogP contribution in [0.15, 0.2) is 64.5 Å². The quantitative estimate of drug-likeness (QED) is 0.231. The van der Waals surface area contributed by atoms with Gasteiger partial charge in [0.15, 0.2) is 5.96 Å². The van der Waals surface area contributed by atoms with Gasteiger partial charge in [0.25, 0.3) is 0 Å². The maximum Gasteiger partial charge on any atom is 0.238 e. The van der Waals surface area contributed by atoms with Crippen molar-refractivity contribution in [1.29, 1.82) is 0 Å². The highest BCUT2D eigenvalue weighted by Crippen LogP contribution is 2.17. The zero-order chi connectivity index (χ0) is 22.4. The Morgan fingerprint density at radius 2 is 1.78 bits per heavy atom. The maximum atomic E-state index is 11.3. The number of benzene rings is 2. The van der Waals surface area contributed by atoms with Gasteiger partial charge >= 0.3 is 0 Å². The molecule has 0 spiro atoms. The molecule has 0 radical (unpaired) electrons. The van der Waals surface area contributed by atoms with Crippen molar-refractivity contribution >= 4 is 40.0 Å². The first-order valence-corrected chi connectivity index (χ1v) is 11.5. The van der Waals surface area contributed by atoms with E-state index < -0.39 is 10.0 Å². The van der Waals surface area contributed by atoms with E-state index in [4.69, 9.17) is 5.14 Å². The van der Waals surface area contributed by atoms with Crippen LogP contribution in [-0.4, -0.2) is 37.8 Å². The number of rotatable bonds is 7. The number of halogens is 1. The maximum absolute atomic E-state index is 11.3. The topological polar surface area (TPSA) is 114 Å². The minimum atomic E-state index is -3.67. The van der Waals surface area contributed by atoms with E-state index in [-0.39, 0.29) is 28.9 Å². The highest BCUT2D eigenvalue weighted by molar-refractivity contribution is 14.0. The fourth-order valence-electron chi connectivity index (χ4n) is 3.31. The van der Waals surface area contributed by atoms with Crippen LogP contribution in [0.5, 0.6) is 0 Å². The monoisotopic (exact) mass is 568 g/mol. The number of hydrogen-bond donors (Lipinski definition) is 3. The number of nitrogens with one attached hydrogen (secondary N) is 2. The number of nitrogens with two attached hydrogens (primary N) is 1. The number of para-hydroxylation sites is 1. The number of aryl methyl sites for hydroxylation is 2. The van der Waals surface area contributed by atoms with Gasteiger partial charge in [0, 0.05) is 25.8 Å². The summed E-state index contributed by atoms with van der Waals surface area (Å²) in [6.07, 6.45) is 0.716. The van der Waals surface area contributed by atoms with Crippen LogP contribution >= 0.6 is 24.0 Å². The SMILES string of the molecule is CN=C(NCCc1ccc(S(N)(=O)=O)cc1)NCc1ccccc1-n1nc(C)cc1C.I. The molecule has 1 aromatic heterocycles. The minimum Gasteiger partial charge on any atom is -0.356 e. The van der Waals surface area contributed by atoms with Gasteiger partial charge in [-0.15, -0.1) is 24.0 Å². The van der Waals surface area contributed by atoms with E-state index in [1.54, 1.807) is 19.2 Å². The molecule has 0 saturated heterocycles. The number of aliphatic imine (C=N–C) groups is 1. The summed E-state index contributed by atoms with van der Waals surface area (Å²) < 4.78 is 24.6. The van der Waals surface area contributed by atoms with Gasteiger partial charge in [-0.25, -0.2) is 18.2 Å². The van der Waals surface area contributed by atoms with Crippen molar-refractivity contribution in [3.8, 4) is 5.69 Å². The second-order valence-electron chi connectivity index (χ2n) is 7.26. The Hall–Kier alpha value is -2.44. The minimum absolute atomic E-state index is 0. The van der Waals surface area contributed by atoms with E-state index in [9.17, 15) is 8.42 Å². The molecule has 3 aromatic rings. The average molecular weight is 568 g/mol. The highest BCUT2D eigenvalue weighted by atomic mass is 127. The Bertz CT molecular complexity index is 1170. The van der Waals surface area contributed by atoms with Gasteiger partial charge in [-0.2, -0.15) is 5.10 Å². The third kappa shape index (κ3) is 6.78. The van der Waals surface area contributed by atoms with E-state index in [0.717, 1.165) is 28.2 Å². The molecular formula is C22H29IN6O2S. The van der Waals surface area contributed by atoms with Crippen LogP contribution in [0.2, 0.25) is 0 Å². The summed E-state index contributed by atoms with van der Waals surface area (Å²) in [5.74, 6) is 0.685. The molecule has 0 aliphatic rings. The Balaban J connectivity index is 0.00000363. The molecule has 8 nitrogen and oxygen atoms in total. The first-order valence-electron chi connectivity index (χ1n) is 9.96. The number of hydrogen-bond acceptors (Lipinski definition) is 4. The zero-order valence-electron chi connectivity index (χ0n) is 18.4. The van der Waals surface area contributed by atoms with Gasteiger partial charge in [-0.1, -0.05) is 30.3 Å². The predicted octanol–water partition coefficient (Wildman–Crippen LogP) is 2.66. The molecule has 3 rings (SSSR count). The van der Waals surface area contributed by atoms with Crippen LogP contribution < -0.4 is 15.8 Å². The van der Waals surface area contributed by atoms with Crippen LogP contribution in [0.1, 0.15) is 22.5 Å². The molecule has 2 aromatic carbocycles. The molecule has 0 fully saturated rings. The molecule has 0 bridgehead atoms. The lowest BCUT2D eigenvalue weighted by Crippen LogP contribution is -2.38. The summed E-state index contributed by atoms with van der Waals surface area (Å²) in [5.41, 5.74) is 5.21. The second-order valence-corrected chi connectivity index (χ2v) is 8.82. The van der Waals surface area contributed by atoms with Crippen molar-refractivity contribution in [3.05, 3.63) is 77.1 Å². The summed E-state index contributed by atoms with van der Waals surface area (Å²) in [7, 11) is -1.94. The first-order chi connectivity index (χ1) is 14.8. The van der Waals surface area contributed by atoms with Gasteiger partial charge in [0.05, 0.1) is 16.3 Å². The lowest BCUT2D eigenvalue weighted by atomic mass is 10.1. The normalized spacial score (nSPS) is 11.7. The predicted molar refractivity (Wildman–Crippen MR) is 138 cm³/mol. The smallest absolute Gasteiger partial charge is 0.238 e. The van der Waals surface area contributed by atoms with Gasteiger partial charge in [0.2, 0.25) is 10.0 Å². The summed E-state index contributed by atoms with van der Waals surface area (Å²) in [4.78, 5) is 4.39. The second kappa shape index (κ2) is 11.4. The molecule has 0 atom stereocenters. The molecule has 0 unspecified atom stereocenters. The summed E-state index contributed by atoms with van der Waals surface area (Å²) >= 11 is 0. The lowest BCUT2D eigenvalue weighted by Gasteiger charge is -2.15. The van der Waals surface area contributed by atoms with E-state index >= 15 is 0 Å². The molecular weight excluding hydrogens is 539 g/mol. The van der Waals surface area contributed by atoms with Crippen molar-refractivity contribution in [2.24, 2.45) is 10.1 Å². The Kier molecular flexibility index (Phi) is 9.22. The van der Waals surface area contributed by atoms with Gasteiger partial charge in [-0.05, 0) is 55.7 Å². The van der Waals surface area contributed by atoms with Crippen LogP contribution in [0.3, 0.4) is 0 Å². The fraction of sp³-hybridized carbons (Fsp3) is 0.273. The highest BCUT2D eigenvalue weighted by Gasteiger charge is 2.10. The Morgan fingerprint density at radius 3 is 2.38 bits per heavy atom.